The molecule has 0 heterocycles. The highest BCUT2D eigenvalue weighted by atomic mass is 16.1. The molecular formula is C40H72O. The van der Waals surface area contributed by atoms with Crippen LogP contribution >= 0.6 is 0 Å². The lowest BCUT2D eigenvalue weighted by atomic mass is 10.0. The minimum Gasteiger partial charge on any atom is -0.290 e. The Morgan fingerprint density at radius 3 is 1.02 bits per heavy atom. The lowest BCUT2D eigenvalue weighted by Crippen LogP contribution is -1.85. The maximum Gasteiger partial charge on any atom is 0.178 e. The SMILES string of the molecule is C=CC(=O)C=CC=CC=CCCCCCCCCCCCCCCCCCCCCCCCCCCCCCCC. The zero-order chi connectivity index (χ0) is 29.7. The highest BCUT2D eigenvalue weighted by molar-refractivity contribution is 5.98. The summed E-state index contributed by atoms with van der Waals surface area (Å²) in [5.41, 5.74) is 0. The molecule has 1 nitrogen and oxygen atoms in total. The summed E-state index contributed by atoms with van der Waals surface area (Å²) in [6, 6.07) is 0. The second-order valence-electron chi connectivity index (χ2n) is 12.5. The third-order valence-electron chi connectivity index (χ3n) is 8.41. The van der Waals surface area contributed by atoms with Gasteiger partial charge in [-0.15, -0.1) is 0 Å². The van der Waals surface area contributed by atoms with Crippen LogP contribution in [0.3, 0.4) is 0 Å². The van der Waals surface area contributed by atoms with Crippen LogP contribution in [0, 0.1) is 0 Å². The summed E-state index contributed by atoms with van der Waals surface area (Å²) in [7, 11) is 0. The van der Waals surface area contributed by atoms with Crippen LogP contribution in [0.5, 0.6) is 0 Å². The summed E-state index contributed by atoms with van der Waals surface area (Å²) in [4.78, 5) is 11.0. The van der Waals surface area contributed by atoms with Crippen molar-refractivity contribution in [2.75, 3.05) is 0 Å². The van der Waals surface area contributed by atoms with Gasteiger partial charge in [0, 0.05) is 0 Å². The molecule has 0 N–H and O–H groups in total. The summed E-state index contributed by atoms with van der Waals surface area (Å²) >= 11 is 0. The van der Waals surface area contributed by atoms with Gasteiger partial charge in [-0.25, -0.2) is 0 Å². The van der Waals surface area contributed by atoms with Crippen molar-refractivity contribution in [2.24, 2.45) is 0 Å². The highest BCUT2D eigenvalue weighted by Gasteiger charge is 1.96. The van der Waals surface area contributed by atoms with Crippen LogP contribution in [0.2, 0.25) is 0 Å². The number of hydrogen-bond acceptors (Lipinski definition) is 1. The quantitative estimate of drug-likeness (QED) is 0.0428. The van der Waals surface area contributed by atoms with Gasteiger partial charge in [0.1, 0.15) is 0 Å². The topological polar surface area (TPSA) is 17.1 Å². The standard InChI is InChI=1S/C40H72O/c1-3-5-6-7-8-9-10-11-12-13-14-15-16-17-18-19-20-21-22-23-24-25-26-27-28-29-30-31-32-33-34-35-36-37-38-39-40(41)4-2/h4,34-39H,2-3,5-33H2,1H3. The Hall–Kier alpha value is -1.37. The summed E-state index contributed by atoms with van der Waals surface area (Å²) in [5, 5.41) is 0. The number of allylic oxidation sites excluding steroid dienone is 7. The van der Waals surface area contributed by atoms with Crippen molar-refractivity contribution in [1.29, 1.82) is 0 Å². The molecule has 1 heteroatoms. The fraction of sp³-hybridized carbons (Fsp3) is 0.775. The minimum absolute atomic E-state index is 0.0512. The van der Waals surface area contributed by atoms with Crippen LogP contribution in [0.25, 0.3) is 0 Å². The predicted octanol–water partition coefficient (Wildman–Crippen LogP) is 14.1. The number of rotatable bonds is 34. The van der Waals surface area contributed by atoms with Crippen molar-refractivity contribution in [3.05, 3.63) is 49.1 Å². The molecule has 0 aliphatic heterocycles. The average molecular weight is 569 g/mol. The van der Waals surface area contributed by atoms with Gasteiger partial charge in [0.05, 0.1) is 0 Å². The van der Waals surface area contributed by atoms with E-state index in [9.17, 15) is 4.79 Å². The summed E-state index contributed by atoms with van der Waals surface area (Å²) in [6.07, 6.45) is 55.9. The molecule has 0 amide bonds. The van der Waals surface area contributed by atoms with Gasteiger partial charge in [0.25, 0.3) is 0 Å². The molecule has 0 aromatic rings. The molecule has 0 radical (unpaired) electrons. The third-order valence-corrected chi connectivity index (χ3v) is 8.41. The van der Waals surface area contributed by atoms with Crippen LogP contribution in [0.4, 0.5) is 0 Å². The third kappa shape index (κ3) is 36.6. The van der Waals surface area contributed by atoms with Gasteiger partial charge in [-0.3, -0.25) is 4.79 Å². The van der Waals surface area contributed by atoms with Crippen molar-refractivity contribution in [1.82, 2.24) is 0 Å². The Balaban J connectivity index is 3.13. The molecule has 0 aliphatic rings. The van der Waals surface area contributed by atoms with E-state index in [0.29, 0.717) is 0 Å². The number of ketones is 1. The van der Waals surface area contributed by atoms with Gasteiger partial charge in [-0.1, -0.05) is 224 Å². The van der Waals surface area contributed by atoms with Gasteiger partial charge in [-0.05, 0) is 25.0 Å². The van der Waals surface area contributed by atoms with E-state index in [0.717, 1.165) is 6.42 Å². The lowest BCUT2D eigenvalue weighted by Gasteiger charge is -2.04. The molecule has 0 spiro atoms. The molecule has 41 heavy (non-hydrogen) atoms. The lowest BCUT2D eigenvalue weighted by molar-refractivity contribution is -0.110. The smallest absolute Gasteiger partial charge is 0.178 e. The molecule has 0 aliphatic carbocycles. The average Bonchev–Trinajstić information content (AvgIpc) is 2.99. The molecule has 0 fully saturated rings. The van der Waals surface area contributed by atoms with Crippen molar-refractivity contribution in [3.63, 3.8) is 0 Å². The molecular weight excluding hydrogens is 496 g/mol. The first kappa shape index (κ1) is 39.6. The van der Waals surface area contributed by atoms with Crippen LogP contribution in [-0.4, -0.2) is 5.78 Å². The molecule has 0 unspecified atom stereocenters. The van der Waals surface area contributed by atoms with Gasteiger partial charge in [-0.2, -0.15) is 0 Å². The zero-order valence-corrected chi connectivity index (χ0v) is 27.9. The summed E-state index contributed by atoms with van der Waals surface area (Å²) < 4.78 is 0. The van der Waals surface area contributed by atoms with Crippen LogP contribution < -0.4 is 0 Å². The van der Waals surface area contributed by atoms with E-state index in [2.05, 4.69) is 25.7 Å². The number of carbonyl (C=O) groups is 1. The second-order valence-corrected chi connectivity index (χ2v) is 12.5. The van der Waals surface area contributed by atoms with Crippen LogP contribution in [0.1, 0.15) is 200 Å². The Bertz CT molecular complexity index is 610. The number of unbranched alkanes of at least 4 members (excludes halogenated alkanes) is 29. The highest BCUT2D eigenvalue weighted by Crippen LogP contribution is 2.16. The fourth-order valence-electron chi connectivity index (χ4n) is 5.63. The Labute approximate surface area is 258 Å². The van der Waals surface area contributed by atoms with E-state index < -0.39 is 0 Å². The first-order chi connectivity index (χ1) is 20.3. The molecule has 0 bridgehead atoms. The van der Waals surface area contributed by atoms with E-state index in [1.165, 1.54) is 198 Å². The van der Waals surface area contributed by atoms with Gasteiger partial charge in [0.15, 0.2) is 5.78 Å². The predicted molar refractivity (Wildman–Crippen MR) is 187 cm³/mol. The normalized spacial score (nSPS) is 11.9. The summed E-state index contributed by atoms with van der Waals surface area (Å²) in [5.74, 6) is -0.0512. The Kier molecular flexibility index (Phi) is 35.4. The van der Waals surface area contributed by atoms with Crippen molar-refractivity contribution in [2.45, 2.75) is 200 Å². The monoisotopic (exact) mass is 569 g/mol. The molecule has 0 aromatic carbocycles. The number of hydrogen-bond donors (Lipinski definition) is 0. The van der Waals surface area contributed by atoms with Gasteiger partial charge < -0.3 is 0 Å². The van der Waals surface area contributed by atoms with Crippen molar-refractivity contribution >= 4 is 5.78 Å². The van der Waals surface area contributed by atoms with E-state index in [-0.39, 0.29) is 5.78 Å². The first-order valence-corrected chi connectivity index (χ1v) is 18.5. The summed E-state index contributed by atoms with van der Waals surface area (Å²) in [6.45, 7) is 5.75. The fourth-order valence-corrected chi connectivity index (χ4v) is 5.63. The second kappa shape index (κ2) is 36.7. The molecule has 0 rings (SSSR count). The van der Waals surface area contributed by atoms with Gasteiger partial charge in [0.2, 0.25) is 0 Å². The van der Waals surface area contributed by atoms with Crippen molar-refractivity contribution < 1.29 is 4.79 Å². The van der Waals surface area contributed by atoms with Crippen LogP contribution in [0.15, 0.2) is 49.1 Å². The van der Waals surface area contributed by atoms with Gasteiger partial charge >= 0.3 is 0 Å². The van der Waals surface area contributed by atoms with E-state index in [4.69, 9.17) is 0 Å². The van der Waals surface area contributed by atoms with E-state index in [1.807, 2.05) is 12.2 Å². The molecule has 0 atom stereocenters. The number of carbonyl (C=O) groups excluding carboxylic acids is 1. The molecule has 0 aromatic heterocycles. The maximum absolute atomic E-state index is 11.0. The molecule has 0 saturated heterocycles. The Morgan fingerprint density at radius 1 is 0.415 bits per heavy atom. The minimum atomic E-state index is -0.0512. The Morgan fingerprint density at radius 2 is 0.707 bits per heavy atom. The largest absolute Gasteiger partial charge is 0.290 e. The van der Waals surface area contributed by atoms with E-state index >= 15 is 0 Å². The van der Waals surface area contributed by atoms with Crippen molar-refractivity contribution in [3.8, 4) is 0 Å². The zero-order valence-electron chi connectivity index (χ0n) is 27.9. The molecule has 238 valence electrons. The maximum atomic E-state index is 11.0. The van der Waals surface area contributed by atoms with Crippen LogP contribution in [-0.2, 0) is 4.79 Å². The first-order valence-electron chi connectivity index (χ1n) is 18.5. The van der Waals surface area contributed by atoms with E-state index in [1.54, 1.807) is 6.08 Å². The molecule has 0 saturated carbocycles.